The van der Waals surface area contributed by atoms with Crippen LogP contribution in [-0.4, -0.2) is 0 Å². The van der Waals surface area contributed by atoms with Crippen LogP contribution in [0.2, 0.25) is 5.02 Å². The minimum Gasteiger partial charge on any atom is -0.271 e. The molecular weight excluding hydrogens is 259 g/mol. The van der Waals surface area contributed by atoms with Gasteiger partial charge in [-0.3, -0.25) is 5.84 Å². The predicted octanol–water partition coefficient (Wildman–Crippen LogP) is 3.40. The van der Waals surface area contributed by atoms with Gasteiger partial charge >= 0.3 is 0 Å². The Hall–Kier alpha value is -0.940. The van der Waals surface area contributed by atoms with E-state index in [1.54, 1.807) is 23.5 Å². The maximum Gasteiger partial charge on any atom is 0.129 e. The number of hydrogen-bond acceptors (Lipinski definition) is 3. The lowest BCUT2D eigenvalue weighted by atomic mass is 10.0. The van der Waals surface area contributed by atoms with Crippen LogP contribution < -0.4 is 11.3 Å². The van der Waals surface area contributed by atoms with Gasteiger partial charge in [-0.25, -0.2) is 9.82 Å². The summed E-state index contributed by atoms with van der Waals surface area (Å²) < 4.78 is 13.8. The summed E-state index contributed by atoms with van der Waals surface area (Å²) in [6.45, 7) is 1.99. The van der Waals surface area contributed by atoms with Gasteiger partial charge in [-0.1, -0.05) is 17.7 Å². The second-order valence-electron chi connectivity index (χ2n) is 3.73. The Bertz CT molecular complexity index is 507. The Morgan fingerprint density at radius 3 is 2.76 bits per heavy atom. The smallest absolute Gasteiger partial charge is 0.129 e. The summed E-state index contributed by atoms with van der Waals surface area (Å²) >= 11 is 7.62. The van der Waals surface area contributed by atoms with E-state index in [-0.39, 0.29) is 5.82 Å². The van der Waals surface area contributed by atoms with Gasteiger partial charge in [-0.2, -0.15) is 0 Å². The van der Waals surface area contributed by atoms with Crippen molar-refractivity contribution in [1.82, 2.24) is 5.43 Å². The summed E-state index contributed by atoms with van der Waals surface area (Å²) in [6.07, 6.45) is 0. The summed E-state index contributed by atoms with van der Waals surface area (Å²) in [7, 11) is 0. The molecule has 1 aromatic carbocycles. The van der Waals surface area contributed by atoms with Crippen molar-refractivity contribution in [2.75, 3.05) is 0 Å². The molecule has 0 fully saturated rings. The molecule has 2 rings (SSSR count). The number of thiophene rings is 1. The van der Waals surface area contributed by atoms with E-state index in [4.69, 9.17) is 17.4 Å². The highest BCUT2D eigenvalue weighted by atomic mass is 35.5. The van der Waals surface area contributed by atoms with Crippen LogP contribution in [0.4, 0.5) is 4.39 Å². The van der Waals surface area contributed by atoms with E-state index in [2.05, 4.69) is 5.43 Å². The first-order chi connectivity index (χ1) is 8.13. The third-order valence-electron chi connectivity index (χ3n) is 2.54. The van der Waals surface area contributed by atoms with E-state index in [1.807, 2.05) is 18.4 Å². The largest absolute Gasteiger partial charge is 0.271 e. The molecule has 90 valence electrons. The molecule has 0 amide bonds. The van der Waals surface area contributed by atoms with Crippen LogP contribution >= 0.6 is 22.9 Å². The first-order valence-corrected chi connectivity index (χ1v) is 6.34. The third kappa shape index (κ3) is 2.50. The summed E-state index contributed by atoms with van der Waals surface area (Å²) in [6, 6.07) is 6.16. The van der Waals surface area contributed by atoms with Gasteiger partial charge in [0.2, 0.25) is 0 Å². The summed E-state index contributed by atoms with van der Waals surface area (Å²) in [5.74, 6) is 5.16. The molecule has 0 radical (unpaired) electrons. The van der Waals surface area contributed by atoms with Gasteiger partial charge in [-0.15, -0.1) is 11.3 Å². The molecule has 1 atom stereocenters. The van der Waals surface area contributed by atoms with Gasteiger partial charge in [-0.05, 0) is 36.1 Å². The number of nitrogens with two attached hydrogens (primary N) is 1. The molecule has 0 spiro atoms. The van der Waals surface area contributed by atoms with Crippen molar-refractivity contribution >= 4 is 22.9 Å². The van der Waals surface area contributed by atoms with E-state index >= 15 is 0 Å². The van der Waals surface area contributed by atoms with Crippen LogP contribution in [0.15, 0.2) is 29.6 Å². The number of benzene rings is 1. The van der Waals surface area contributed by atoms with Crippen molar-refractivity contribution in [1.29, 1.82) is 0 Å². The Morgan fingerprint density at radius 1 is 1.47 bits per heavy atom. The van der Waals surface area contributed by atoms with Gasteiger partial charge < -0.3 is 0 Å². The minimum absolute atomic E-state index is 0.357. The highest BCUT2D eigenvalue weighted by molar-refractivity contribution is 7.10. The quantitative estimate of drug-likeness (QED) is 0.663. The van der Waals surface area contributed by atoms with Crippen molar-refractivity contribution in [2.45, 2.75) is 13.0 Å². The van der Waals surface area contributed by atoms with Crippen molar-refractivity contribution in [3.8, 4) is 0 Å². The lowest BCUT2D eigenvalue weighted by Crippen LogP contribution is -2.29. The minimum atomic E-state index is -0.423. The SMILES string of the molecule is Cc1cc(C(NN)c2c(F)cccc2Cl)cs1. The molecule has 1 aromatic heterocycles. The molecule has 17 heavy (non-hydrogen) atoms. The molecule has 2 aromatic rings. The molecule has 1 heterocycles. The maximum atomic E-state index is 13.8. The standard InChI is InChI=1S/C12H12ClFN2S/c1-7-5-8(6-17-7)12(16-15)11-9(13)3-2-4-10(11)14/h2-6,12,16H,15H2,1H3. The van der Waals surface area contributed by atoms with Gasteiger partial charge in [0.1, 0.15) is 5.82 Å². The number of rotatable bonds is 3. The van der Waals surface area contributed by atoms with Crippen LogP contribution in [0, 0.1) is 12.7 Å². The number of halogens is 2. The normalized spacial score (nSPS) is 12.7. The van der Waals surface area contributed by atoms with Crippen LogP contribution in [0.25, 0.3) is 0 Å². The Labute approximate surface area is 108 Å². The monoisotopic (exact) mass is 270 g/mol. The summed E-state index contributed by atoms with van der Waals surface area (Å²) in [4.78, 5) is 1.15. The molecule has 0 aliphatic heterocycles. The van der Waals surface area contributed by atoms with Crippen LogP contribution in [-0.2, 0) is 0 Å². The van der Waals surface area contributed by atoms with Crippen molar-refractivity contribution in [2.24, 2.45) is 5.84 Å². The fraction of sp³-hybridized carbons (Fsp3) is 0.167. The van der Waals surface area contributed by atoms with Crippen molar-refractivity contribution in [3.05, 3.63) is 56.5 Å². The van der Waals surface area contributed by atoms with E-state index in [0.717, 1.165) is 10.4 Å². The zero-order valence-electron chi connectivity index (χ0n) is 9.21. The van der Waals surface area contributed by atoms with Crippen molar-refractivity contribution < 1.29 is 4.39 Å². The lowest BCUT2D eigenvalue weighted by molar-refractivity contribution is 0.561. The van der Waals surface area contributed by atoms with E-state index in [0.29, 0.717) is 10.6 Å². The highest BCUT2D eigenvalue weighted by Gasteiger charge is 2.20. The average molecular weight is 271 g/mol. The summed E-state index contributed by atoms with van der Waals surface area (Å²) in [5.41, 5.74) is 3.91. The number of aryl methyl sites for hydroxylation is 1. The molecule has 2 nitrogen and oxygen atoms in total. The Kier molecular flexibility index (Phi) is 3.79. The average Bonchev–Trinajstić information content (AvgIpc) is 2.70. The second-order valence-corrected chi connectivity index (χ2v) is 5.25. The molecule has 0 saturated heterocycles. The maximum absolute atomic E-state index is 13.8. The van der Waals surface area contributed by atoms with Crippen molar-refractivity contribution in [3.63, 3.8) is 0 Å². The molecular formula is C12H12ClFN2S. The first-order valence-electron chi connectivity index (χ1n) is 5.08. The molecule has 0 aliphatic rings. The molecule has 3 N–H and O–H groups in total. The molecule has 0 bridgehead atoms. The lowest BCUT2D eigenvalue weighted by Gasteiger charge is -2.17. The van der Waals surface area contributed by atoms with E-state index in [9.17, 15) is 4.39 Å². The zero-order chi connectivity index (χ0) is 12.4. The Balaban J connectivity index is 2.49. The predicted molar refractivity (Wildman–Crippen MR) is 69.6 cm³/mol. The topological polar surface area (TPSA) is 38.0 Å². The van der Waals surface area contributed by atoms with Gasteiger partial charge in [0.15, 0.2) is 0 Å². The van der Waals surface area contributed by atoms with Gasteiger partial charge in [0.05, 0.1) is 6.04 Å². The zero-order valence-corrected chi connectivity index (χ0v) is 10.8. The molecule has 0 saturated carbocycles. The first kappa shape index (κ1) is 12.5. The number of hydrazine groups is 1. The third-order valence-corrected chi connectivity index (χ3v) is 3.75. The Morgan fingerprint density at radius 2 is 2.24 bits per heavy atom. The van der Waals surface area contributed by atoms with Gasteiger partial charge in [0, 0.05) is 15.5 Å². The van der Waals surface area contributed by atoms with Gasteiger partial charge in [0.25, 0.3) is 0 Å². The van der Waals surface area contributed by atoms with E-state index < -0.39 is 6.04 Å². The van der Waals surface area contributed by atoms with Crippen LogP contribution in [0.5, 0.6) is 0 Å². The molecule has 5 heteroatoms. The van der Waals surface area contributed by atoms with Crippen LogP contribution in [0.1, 0.15) is 22.0 Å². The fourth-order valence-electron chi connectivity index (χ4n) is 1.75. The second kappa shape index (κ2) is 5.14. The number of nitrogens with one attached hydrogen (secondary N) is 1. The molecule has 1 unspecified atom stereocenters. The number of hydrogen-bond donors (Lipinski definition) is 2. The fourth-order valence-corrected chi connectivity index (χ4v) is 2.75. The van der Waals surface area contributed by atoms with E-state index in [1.165, 1.54) is 6.07 Å². The summed E-state index contributed by atoms with van der Waals surface area (Å²) in [5, 5.41) is 2.32. The molecule has 0 aliphatic carbocycles. The highest BCUT2D eigenvalue weighted by Crippen LogP contribution is 2.32. The van der Waals surface area contributed by atoms with Crippen LogP contribution in [0.3, 0.4) is 0 Å².